The highest BCUT2D eigenvalue weighted by Crippen LogP contribution is 2.50. The van der Waals surface area contributed by atoms with E-state index < -0.39 is 0 Å². The Morgan fingerprint density at radius 3 is 2.50 bits per heavy atom. The Balaban J connectivity index is 2.05. The van der Waals surface area contributed by atoms with Gasteiger partial charge < -0.3 is 9.55 Å². The van der Waals surface area contributed by atoms with Crippen LogP contribution in [-0.2, 0) is 4.74 Å². The van der Waals surface area contributed by atoms with Crippen molar-refractivity contribution >= 4 is 7.98 Å². The van der Waals surface area contributed by atoms with Gasteiger partial charge in [0.25, 0.3) is 0 Å². The van der Waals surface area contributed by atoms with Gasteiger partial charge in [-0.3, -0.25) is 0 Å². The van der Waals surface area contributed by atoms with E-state index in [-0.39, 0.29) is 6.23 Å². The predicted octanol–water partition coefficient (Wildman–Crippen LogP) is 0.671. The summed E-state index contributed by atoms with van der Waals surface area (Å²) in [6.45, 7) is 0. The summed E-state index contributed by atoms with van der Waals surface area (Å²) in [5.41, 5.74) is 0.362. The van der Waals surface area contributed by atoms with Crippen molar-refractivity contribution in [3.8, 4) is 0 Å². The van der Waals surface area contributed by atoms with Crippen LogP contribution in [0.4, 0.5) is 0 Å². The lowest BCUT2D eigenvalue weighted by molar-refractivity contribution is 0.0273. The molecule has 2 radical (unpaired) electrons. The zero-order chi connectivity index (χ0) is 7.19. The highest BCUT2D eigenvalue weighted by Gasteiger charge is 2.51. The number of hydrogen-bond donors (Lipinski definition) is 0. The summed E-state index contributed by atoms with van der Waals surface area (Å²) in [7, 11) is 7.57. The highest BCUT2D eigenvalue weighted by atomic mass is 16.5. The molecule has 0 amide bonds. The van der Waals surface area contributed by atoms with Crippen LogP contribution in [0.1, 0.15) is 25.7 Å². The SMILES string of the molecule is [B]N1C(OC)CCC12CC2. The van der Waals surface area contributed by atoms with E-state index >= 15 is 0 Å². The fourth-order valence-corrected chi connectivity index (χ4v) is 1.85. The van der Waals surface area contributed by atoms with Crippen LogP contribution in [0, 0.1) is 0 Å². The molecule has 2 nitrogen and oxygen atoms in total. The minimum absolute atomic E-state index is 0.183. The first-order valence-corrected chi connectivity index (χ1v) is 3.85. The minimum atomic E-state index is 0.183. The number of hydrogen-bond acceptors (Lipinski definition) is 2. The van der Waals surface area contributed by atoms with Gasteiger partial charge in [0.1, 0.15) is 0 Å². The van der Waals surface area contributed by atoms with E-state index in [2.05, 4.69) is 0 Å². The Labute approximate surface area is 63.0 Å². The summed E-state index contributed by atoms with van der Waals surface area (Å²) < 4.78 is 5.20. The molecule has 0 bridgehead atoms. The molecule has 1 spiro atoms. The number of rotatable bonds is 1. The molecule has 1 saturated heterocycles. The molecule has 2 aliphatic rings. The van der Waals surface area contributed by atoms with E-state index in [9.17, 15) is 0 Å². The second-order valence-corrected chi connectivity index (χ2v) is 3.36. The van der Waals surface area contributed by atoms with E-state index in [0.29, 0.717) is 5.54 Å². The van der Waals surface area contributed by atoms with Crippen LogP contribution >= 0.6 is 0 Å². The van der Waals surface area contributed by atoms with Gasteiger partial charge in [-0.1, -0.05) is 0 Å². The smallest absolute Gasteiger partial charge is 0.186 e. The largest absolute Gasteiger partial charge is 0.367 e. The molecular formula is C7H12BNO. The van der Waals surface area contributed by atoms with E-state index in [1.165, 1.54) is 19.3 Å². The van der Waals surface area contributed by atoms with Crippen molar-refractivity contribution in [1.82, 2.24) is 4.81 Å². The lowest BCUT2D eigenvalue weighted by atomic mass is 10.1. The summed E-state index contributed by atoms with van der Waals surface area (Å²) in [6.07, 6.45) is 5.05. The fraction of sp³-hybridized carbons (Fsp3) is 1.00. The third-order valence-electron chi connectivity index (χ3n) is 2.81. The third-order valence-corrected chi connectivity index (χ3v) is 2.81. The molecule has 54 valence electrons. The summed E-state index contributed by atoms with van der Waals surface area (Å²) >= 11 is 0. The first kappa shape index (κ1) is 6.68. The van der Waals surface area contributed by atoms with E-state index in [1.54, 1.807) is 7.11 Å². The predicted molar refractivity (Wildman–Crippen MR) is 39.6 cm³/mol. The van der Waals surface area contributed by atoms with Crippen molar-refractivity contribution in [2.45, 2.75) is 37.5 Å². The van der Waals surface area contributed by atoms with E-state index in [4.69, 9.17) is 12.7 Å². The van der Waals surface area contributed by atoms with Crippen molar-refractivity contribution in [3.63, 3.8) is 0 Å². The second-order valence-electron chi connectivity index (χ2n) is 3.36. The lowest BCUT2D eigenvalue weighted by Crippen LogP contribution is -2.36. The van der Waals surface area contributed by atoms with Gasteiger partial charge in [-0.2, -0.15) is 0 Å². The molecule has 1 atom stereocenters. The average Bonchev–Trinajstić information content (AvgIpc) is 2.63. The van der Waals surface area contributed by atoms with Gasteiger partial charge in [-0.25, -0.2) is 0 Å². The Bertz CT molecular complexity index is 147. The topological polar surface area (TPSA) is 12.5 Å². The van der Waals surface area contributed by atoms with Crippen molar-refractivity contribution in [2.24, 2.45) is 0 Å². The van der Waals surface area contributed by atoms with Gasteiger partial charge in [0.2, 0.25) is 0 Å². The number of ether oxygens (including phenoxy) is 1. The minimum Gasteiger partial charge on any atom is -0.367 e. The molecule has 1 aliphatic carbocycles. The molecule has 2 rings (SSSR count). The Kier molecular flexibility index (Phi) is 1.33. The summed E-state index contributed by atoms with van der Waals surface area (Å²) in [6, 6.07) is 0. The van der Waals surface area contributed by atoms with Crippen molar-refractivity contribution in [2.75, 3.05) is 7.11 Å². The van der Waals surface area contributed by atoms with Crippen molar-refractivity contribution < 1.29 is 4.74 Å². The van der Waals surface area contributed by atoms with Crippen molar-refractivity contribution in [3.05, 3.63) is 0 Å². The molecule has 2 fully saturated rings. The second kappa shape index (κ2) is 1.99. The van der Waals surface area contributed by atoms with Gasteiger partial charge in [0, 0.05) is 12.6 Å². The van der Waals surface area contributed by atoms with Crippen LogP contribution in [0.25, 0.3) is 0 Å². The van der Waals surface area contributed by atoms with Gasteiger partial charge in [0.05, 0.1) is 6.23 Å². The molecule has 1 saturated carbocycles. The molecule has 0 aromatic rings. The molecule has 1 aliphatic heterocycles. The molecule has 0 N–H and O–H groups in total. The maximum absolute atomic E-state index is 5.84. The first-order valence-electron chi connectivity index (χ1n) is 3.85. The Morgan fingerprint density at radius 2 is 2.20 bits per heavy atom. The maximum Gasteiger partial charge on any atom is 0.186 e. The van der Waals surface area contributed by atoms with Crippen molar-refractivity contribution in [1.29, 1.82) is 0 Å². The summed E-state index contributed by atoms with van der Waals surface area (Å²) in [5.74, 6) is 0. The Hall–Kier alpha value is -0.0151. The molecule has 0 aromatic heterocycles. The normalized spacial score (nSPS) is 37.1. The standard InChI is InChI=1S/C7H12BNO/c1-10-6-2-3-7(4-5-7)9(6)8/h6H,2-5H2,1H3. The molecule has 10 heavy (non-hydrogen) atoms. The molecule has 0 aromatic carbocycles. The number of nitrogens with zero attached hydrogens (tertiary/aromatic N) is 1. The van der Waals surface area contributed by atoms with Crippen LogP contribution in [0.2, 0.25) is 0 Å². The van der Waals surface area contributed by atoms with E-state index in [0.717, 1.165) is 6.42 Å². The highest BCUT2D eigenvalue weighted by molar-refractivity contribution is 6.05. The third kappa shape index (κ3) is 0.737. The fourth-order valence-electron chi connectivity index (χ4n) is 1.85. The number of methoxy groups -OCH3 is 1. The van der Waals surface area contributed by atoms with Crippen LogP contribution in [0.15, 0.2) is 0 Å². The van der Waals surface area contributed by atoms with Gasteiger partial charge >= 0.3 is 0 Å². The molecule has 1 heterocycles. The quantitative estimate of drug-likeness (QED) is 0.492. The monoisotopic (exact) mass is 137 g/mol. The summed E-state index contributed by atoms with van der Waals surface area (Å²) in [4.78, 5) is 1.91. The molecule has 3 heteroatoms. The lowest BCUT2D eigenvalue weighted by Gasteiger charge is -2.24. The zero-order valence-corrected chi connectivity index (χ0v) is 6.34. The molecule has 1 unspecified atom stereocenters. The van der Waals surface area contributed by atoms with Gasteiger partial charge in [-0.15, -0.1) is 0 Å². The van der Waals surface area contributed by atoms with Crippen LogP contribution in [0.5, 0.6) is 0 Å². The van der Waals surface area contributed by atoms with Gasteiger partial charge in [0.15, 0.2) is 7.98 Å². The van der Waals surface area contributed by atoms with Crippen LogP contribution in [-0.4, -0.2) is 31.7 Å². The van der Waals surface area contributed by atoms with Gasteiger partial charge in [-0.05, 0) is 25.7 Å². The Morgan fingerprint density at radius 1 is 1.50 bits per heavy atom. The zero-order valence-electron chi connectivity index (χ0n) is 6.34. The first-order chi connectivity index (χ1) is 4.78. The van der Waals surface area contributed by atoms with Crippen LogP contribution < -0.4 is 0 Å². The maximum atomic E-state index is 5.84. The van der Waals surface area contributed by atoms with Crippen LogP contribution in [0.3, 0.4) is 0 Å². The summed E-state index contributed by atoms with van der Waals surface area (Å²) in [5, 5.41) is 0. The molecular weight excluding hydrogens is 125 g/mol. The van der Waals surface area contributed by atoms with E-state index in [1.807, 2.05) is 4.81 Å². The average molecular weight is 137 g/mol.